The normalized spacial score (nSPS) is 15.6. The molecule has 1 saturated heterocycles. The summed E-state index contributed by atoms with van der Waals surface area (Å²) >= 11 is 0. The van der Waals surface area contributed by atoms with Crippen molar-refractivity contribution < 1.29 is 28.9 Å². The molecule has 0 atom stereocenters. The van der Waals surface area contributed by atoms with Crippen molar-refractivity contribution in [1.82, 2.24) is 4.90 Å². The molecule has 1 aliphatic rings. The fourth-order valence-corrected chi connectivity index (χ4v) is 2.78. The lowest BCUT2D eigenvalue weighted by Crippen LogP contribution is -2.44. The second-order valence-corrected chi connectivity index (χ2v) is 7.91. The van der Waals surface area contributed by atoms with Gasteiger partial charge in [-0.1, -0.05) is 0 Å². The number of hydrogen-bond acceptors (Lipinski definition) is 5. The molecule has 2 rings (SSSR count). The molecule has 1 aromatic rings. The van der Waals surface area contributed by atoms with Gasteiger partial charge in [0.05, 0.1) is 6.10 Å². The van der Waals surface area contributed by atoms with Gasteiger partial charge in [0.1, 0.15) is 28.8 Å². The van der Waals surface area contributed by atoms with Crippen molar-refractivity contribution in [2.24, 2.45) is 0 Å². The van der Waals surface area contributed by atoms with Crippen LogP contribution in [-0.2, 0) is 4.74 Å². The Morgan fingerprint density at radius 1 is 1.19 bits per heavy atom. The molecule has 0 spiro atoms. The van der Waals surface area contributed by atoms with Gasteiger partial charge in [-0.05, 0) is 46.8 Å². The van der Waals surface area contributed by atoms with Crippen molar-refractivity contribution in [3.05, 3.63) is 23.8 Å². The number of carboxylic acid groups (broad SMARTS) is 1. The lowest BCUT2D eigenvalue weighted by molar-refractivity contribution is 0.0126. The first kappa shape index (κ1) is 20.9. The predicted molar refractivity (Wildman–Crippen MR) is 101 cm³/mol. The molecule has 1 aromatic carbocycles. The number of hydrogen-bond donors (Lipinski definition) is 1. The summed E-state index contributed by atoms with van der Waals surface area (Å²) in [6.45, 7) is 10.3. The summed E-state index contributed by atoms with van der Waals surface area (Å²) in [5.74, 6) is -0.195. The van der Waals surface area contributed by atoms with E-state index < -0.39 is 11.6 Å². The molecule has 0 aromatic heterocycles. The van der Waals surface area contributed by atoms with Crippen LogP contribution in [0.1, 0.15) is 57.8 Å². The van der Waals surface area contributed by atoms with Crippen molar-refractivity contribution in [3.8, 4) is 11.5 Å². The van der Waals surface area contributed by atoms with Crippen molar-refractivity contribution in [3.63, 3.8) is 0 Å². The summed E-state index contributed by atoms with van der Waals surface area (Å²) in [4.78, 5) is 25.3. The molecule has 7 nitrogen and oxygen atoms in total. The van der Waals surface area contributed by atoms with E-state index in [1.165, 1.54) is 6.07 Å². The standard InChI is InChI=1S/C20H29NO6/c1-13(2)25-15-6-7-16(18(22)23)17(12-15)26-14-8-10-21(11-9-14)19(24)27-20(3,4)5/h6-7,12-14H,8-11H2,1-5H3,(H,22,23). The van der Waals surface area contributed by atoms with E-state index in [9.17, 15) is 14.7 Å². The van der Waals surface area contributed by atoms with Crippen LogP contribution >= 0.6 is 0 Å². The van der Waals surface area contributed by atoms with Crippen LogP contribution in [0, 0.1) is 0 Å². The highest BCUT2D eigenvalue weighted by atomic mass is 16.6. The Kier molecular flexibility index (Phi) is 6.57. The van der Waals surface area contributed by atoms with Gasteiger partial charge in [0.2, 0.25) is 0 Å². The summed E-state index contributed by atoms with van der Waals surface area (Å²) in [7, 11) is 0. The van der Waals surface area contributed by atoms with E-state index in [1.807, 2.05) is 34.6 Å². The van der Waals surface area contributed by atoms with Crippen molar-refractivity contribution in [2.45, 2.75) is 65.3 Å². The number of rotatable bonds is 5. The molecule has 1 N–H and O–H groups in total. The minimum absolute atomic E-state index is 0.0226. The van der Waals surface area contributed by atoms with E-state index in [-0.39, 0.29) is 29.6 Å². The number of carbonyl (C=O) groups excluding carboxylic acids is 1. The number of nitrogens with zero attached hydrogens (tertiary/aromatic N) is 1. The molecule has 1 aliphatic heterocycles. The van der Waals surface area contributed by atoms with E-state index in [1.54, 1.807) is 17.0 Å². The molecule has 0 aliphatic carbocycles. The number of aromatic carboxylic acids is 1. The van der Waals surface area contributed by atoms with Crippen LogP contribution in [0.25, 0.3) is 0 Å². The topological polar surface area (TPSA) is 85.3 Å². The molecule has 1 amide bonds. The third kappa shape index (κ3) is 6.34. The second-order valence-electron chi connectivity index (χ2n) is 7.91. The molecule has 0 unspecified atom stereocenters. The highest BCUT2D eigenvalue weighted by Crippen LogP contribution is 2.29. The fourth-order valence-electron chi connectivity index (χ4n) is 2.78. The first-order chi connectivity index (χ1) is 12.5. The molecule has 27 heavy (non-hydrogen) atoms. The third-order valence-corrected chi connectivity index (χ3v) is 3.94. The smallest absolute Gasteiger partial charge is 0.410 e. The Labute approximate surface area is 160 Å². The fraction of sp³-hybridized carbons (Fsp3) is 0.600. The molecule has 1 fully saturated rings. The zero-order valence-corrected chi connectivity index (χ0v) is 16.7. The lowest BCUT2D eigenvalue weighted by Gasteiger charge is -2.33. The molecule has 0 saturated carbocycles. The SMILES string of the molecule is CC(C)Oc1ccc(C(=O)O)c(OC2CCN(C(=O)OC(C)(C)C)CC2)c1. The van der Waals surface area contributed by atoms with E-state index in [0.717, 1.165) is 0 Å². The number of carboxylic acids is 1. The van der Waals surface area contributed by atoms with E-state index in [0.29, 0.717) is 31.7 Å². The van der Waals surface area contributed by atoms with Gasteiger partial charge in [0.25, 0.3) is 0 Å². The first-order valence-corrected chi connectivity index (χ1v) is 9.24. The zero-order valence-electron chi connectivity index (χ0n) is 16.7. The molecule has 150 valence electrons. The van der Waals surface area contributed by atoms with Crippen LogP contribution in [-0.4, -0.2) is 53.0 Å². The monoisotopic (exact) mass is 379 g/mol. The second kappa shape index (κ2) is 8.50. The van der Waals surface area contributed by atoms with Gasteiger partial charge in [-0.25, -0.2) is 9.59 Å². The maximum absolute atomic E-state index is 12.1. The lowest BCUT2D eigenvalue weighted by atomic mass is 10.1. The van der Waals surface area contributed by atoms with Crippen LogP contribution in [0.5, 0.6) is 11.5 Å². The average molecular weight is 379 g/mol. The Balaban J connectivity index is 2.01. The zero-order chi connectivity index (χ0) is 20.2. The molecule has 0 bridgehead atoms. The quantitative estimate of drug-likeness (QED) is 0.834. The Bertz CT molecular complexity index is 672. The minimum Gasteiger partial charge on any atom is -0.491 e. The summed E-state index contributed by atoms with van der Waals surface area (Å²) in [5, 5.41) is 9.40. The number of benzene rings is 1. The number of amides is 1. The summed E-state index contributed by atoms with van der Waals surface area (Å²) in [6, 6.07) is 4.73. The maximum Gasteiger partial charge on any atom is 0.410 e. The average Bonchev–Trinajstić information content (AvgIpc) is 2.53. The highest BCUT2D eigenvalue weighted by molar-refractivity contribution is 5.91. The Morgan fingerprint density at radius 2 is 1.81 bits per heavy atom. The summed E-state index contributed by atoms with van der Waals surface area (Å²) in [6.07, 6.45) is 0.683. The van der Waals surface area contributed by atoms with Gasteiger partial charge in [-0.2, -0.15) is 0 Å². The Morgan fingerprint density at radius 3 is 2.33 bits per heavy atom. The summed E-state index contributed by atoms with van der Waals surface area (Å²) < 4.78 is 17.0. The maximum atomic E-state index is 12.1. The first-order valence-electron chi connectivity index (χ1n) is 9.24. The van der Waals surface area contributed by atoms with Gasteiger partial charge in [-0.3, -0.25) is 0 Å². The highest BCUT2D eigenvalue weighted by Gasteiger charge is 2.28. The minimum atomic E-state index is -1.05. The van der Waals surface area contributed by atoms with Crippen molar-refractivity contribution in [2.75, 3.05) is 13.1 Å². The largest absolute Gasteiger partial charge is 0.491 e. The number of piperidine rings is 1. The number of carbonyl (C=O) groups is 2. The molecular weight excluding hydrogens is 350 g/mol. The van der Waals surface area contributed by atoms with E-state index in [2.05, 4.69) is 0 Å². The van der Waals surface area contributed by atoms with E-state index >= 15 is 0 Å². The van der Waals surface area contributed by atoms with Gasteiger partial charge in [0, 0.05) is 32.0 Å². The van der Waals surface area contributed by atoms with Gasteiger partial charge in [-0.15, -0.1) is 0 Å². The van der Waals surface area contributed by atoms with Crippen LogP contribution in [0.3, 0.4) is 0 Å². The van der Waals surface area contributed by atoms with Crippen LogP contribution in [0.15, 0.2) is 18.2 Å². The third-order valence-electron chi connectivity index (χ3n) is 3.94. The number of likely N-dealkylation sites (tertiary alicyclic amines) is 1. The molecular formula is C20H29NO6. The molecule has 1 heterocycles. The Hall–Kier alpha value is -2.44. The van der Waals surface area contributed by atoms with Gasteiger partial charge < -0.3 is 24.2 Å². The van der Waals surface area contributed by atoms with Crippen molar-refractivity contribution >= 4 is 12.1 Å². The molecule has 0 radical (unpaired) electrons. The predicted octanol–water partition coefficient (Wildman–Crippen LogP) is 3.95. The van der Waals surface area contributed by atoms with Gasteiger partial charge >= 0.3 is 12.1 Å². The molecule has 7 heteroatoms. The van der Waals surface area contributed by atoms with Crippen molar-refractivity contribution in [1.29, 1.82) is 0 Å². The van der Waals surface area contributed by atoms with Crippen LogP contribution in [0.2, 0.25) is 0 Å². The van der Waals surface area contributed by atoms with E-state index in [4.69, 9.17) is 14.2 Å². The summed E-state index contributed by atoms with van der Waals surface area (Å²) in [5.41, 5.74) is -0.432. The van der Waals surface area contributed by atoms with Crippen LogP contribution < -0.4 is 9.47 Å². The van der Waals surface area contributed by atoms with Crippen LogP contribution in [0.4, 0.5) is 4.79 Å². The number of ether oxygens (including phenoxy) is 3. The van der Waals surface area contributed by atoms with Gasteiger partial charge in [0.15, 0.2) is 0 Å².